The molecule has 70 valence electrons. The van der Waals surface area contributed by atoms with Gasteiger partial charge in [0.25, 0.3) is 5.91 Å². The Hall–Kier alpha value is -1.39. The zero-order valence-electron chi connectivity index (χ0n) is 7.53. The van der Waals surface area contributed by atoms with E-state index in [4.69, 9.17) is 0 Å². The molecule has 0 spiro atoms. The summed E-state index contributed by atoms with van der Waals surface area (Å²) in [5.74, 6) is -0.175. The lowest BCUT2D eigenvalue weighted by molar-refractivity contribution is 0.0958. The van der Waals surface area contributed by atoms with Gasteiger partial charge in [-0.3, -0.25) is 4.79 Å². The van der Waals surface area contributed by atoms with Crippen molar-refractivity contribution >= 4 is 5.91 Å². The molecule has 1 saturated carbocycles. The molecule has 0 saturated heterocycles. The molecule has 0 unspecified atom stereocenters. The third kappa shape index (κ3) is 1.41. The van der Waals surface area contributed by atoms with Crippen LogP contribution in [0.2, 0.25) is 0 Å². The summed E-state index contributed by atoms with van der Waals surface area (Å²) in [7, 11) is 1.59. The molecule has 0 aliphatic heterocycles. The van der Waals surface area contributed by atoms with E-state index in [0.29, 0.717) is 11.7 Å². The molecule has 0 bridgehead atoms. The first-order valence-electron chi connectivity index (χ1n) is 4.45. The Morgan fingerprint density at radius 3 is 3.00 bits per heavy atom. The van der Waals surface area contributed by atoms with E-state index in [9.17, 15) is 4.79 Å². The maximum absolute atomic E-state index is 11.1. The number of aromatic nitrogens is 3. The van der Waals surface area contributed by atoms with Gasteiger partial charge in [0.2, 0.25) is 0 Å². The lowest BCUT2D eigenvalue weighted by Crippen LogP contribution is -2.19. The van der Waals surface area contributed by atoms with Crippen LogP contribution in [0.15, 0.2) is 6.20 Å². The zero-order valence-corrected chi connectivity index (χ0v) is 7.53. The number of carbonyl (C=O) groups is 1. The Balaban J connectivity index is 2.12. The monoisotopic (exact) mass is 180 g/mol. The minimum atomic E-state index is -0.175. The second kappa shape index (κ2) is 3.16. The van der Waals surface area contributed by atoms with E-state index in [1.165, 1.54) is 6.42 Å². The van der Waals surface area contributed by atoms with Gasteiger partial charge in [-0.2, -0.15) is 0 Å². The number of hydrogen-bond acceptors (Lipinski definition) is 3. The Labute approximate surface area is 76.1 Å². The van der Waals surface area contributed by atoms with Crippen molar-refractivity contribution in [2.24, 2.45) is 0 Å². The molecule has 0 atom stereocenters. The molecule has 2 rings (SSSR count). The van der Waals surface area contributed by atoms with Crippen molar-refractivity contribution in [3.8, 4) is 0 Å². The highest BCUT2D eigenvalue weighted by Crippen LogP contribution is 2.30. The number of carbonyl (C=O) groups excluding carboxylic acids is 1. The lowest BCUT2D eigenvalue weighted by Gasteiger charge is -2.24. The van der Waals surface area contributed by atoms with Crippen LogP contribution in [0.1, 0.15) is 35.8 Å². The Bertz CT molecular complexity index is 316. The van der Waals surface area contributed by atoms with Crippen molar-refractivity contribution < 1.29 is 4.79 Å². The maximum Gasteiger partial charge on any atom is 0.273 e. The summed E-state index contributed by atoms with van der Waals surface area (Å²) in [6.45, 7) is 0. The summed E-state index contributed by atoms with van der Waals surface area (Å²) in [6.07, 6.45) is 5.26. The third-order valence-electron chi connectivity index (χ3n) is 2.42. The van der Waals surface area contributed by atoms with Gasteiger partial charge < -0.3 is 5.32 Å². The number of hydrogen-bond donors (Lipinski definition) is 1. The van der Waals surface area contributed by atoms with Crippen molar-refractivity contribution in [3.63, 3.8) is 0 Å². The molecule has 1 heterocycles. The topological polar surface area (TPSA) is 59.8 Å². The predicted molar refractivity (Wildman–Crippen MR) is 46.3 cm³/mol. The van der Waals surface area contributed by atoms with E-state index in [-0.39, 0.29) is 5.91 Å². The molecule has 1 N–H and O–H groups in total. The first kappa shape index (κ1) is 8.22. The fraction of sp³-hybridized carbons (Fsp3) is 0.625. The van der Waals surface area contributed by atoms with Gasteiger partial charge in [-0.25, -0.2) is 4.68 Å². The fourth-order valence-corrected chi connectivity index (χ4v) is 1.34. The van der Waals surface area contributed by atoms with Crippen molar-refractivity contribution in [1.29, 1.82) is 0 Å². The third-order valence-corrected chi connectivity index (χ3v) is 2.42. The molecule has 5 heteroatoms. The SMILES string of the molecule is CNC(=O)c1cn(C2CCC2)nn1. The van der Waals surface area contributed by atoms with Crippen LogP contribution in [0.3, 0.4) is 0 Å². The maximum atomic E-state index is 11.1. The minimum absolute atomic E-state index is 0.175. The average Bonchev–Trinajstić information content (AvgIpc) is 2.49. The number of nitrogens with one attached hydrogen (secondary N) is 1. The highest BCUT2D eigenvalue weighted by molar-refractivity contribution is 5.91. The summed E-state index contributed by atoms with van der Waals surface area (Å²) < 4.78 is 1.79. The molecule has 1 fully saturated rings. The Morgan fingerprint density at radius 1 is 1.69 bits per heavy atom. The number of amides is 1. The first-order valence-corrected chi connectivity index (χ1v) is 4.45. The Morgan fingerprint density at radius 2 is 2.46 bits per heavy atom. The Kier molecular flexibility index (Phi) is 2.00. The summed E-state index contributed by atoms with van der Waals surface area (Å²) in [6, 6.07) is 0.464. The first-order chi connectivity index (χ1) is 6.31. The van der Waals surface area contributed by atoms with Crippen molar-refractivity contribution in [1.82, 2.24) is 20.3 Å². The smallest absolute Gasteiger partial charge is 0.273 e. The quantitative estimate of drug-likeness (QED) is 0.715. The molecule has 1 aromatic rings. The molecular formula is C8H12N4O. The van der Waals surface area contributed by atoms with Crippen LogP contribution in [0.4, 0.5) is 0 Å². The highest BCUT2D eigenvalue weighted by atomic mass is 16.1. The van der Waals surface area contributed by atoms with Crippen LogP contribution in [0.5, 0.6) is 0 Å². The van der Waals surface area contributed by atoms with Crippen LogP contribution in [-0.4, -0.2) is 27.9 Å². The standard InChI is InChI=1S/C8H12N4O/c1-9-8(13)7-5-12(11-10-7)6-3-2-4-6/h5-6H,2-4H2,1H3,(H,9,13). The van der Waals surface area contributed by atoms with Crippen LogP contribution < -0.4 is 5.32 Å². The summed E-state index contributed by atoms with van der Waals surface area (Å²) in [4.78, 5) is 11.1. The van der Waals surface area contributed by atoms with Crippen molar-refractivity contribution in [2.45, 2.75) is 25.3 Å². The van der Waals surface area contributed by atoms with Gasteiger partial charge in [0.1, 0.15) is 0 Å². The van der Waals surface area contributed by atoms with Crippen molar-refractivity contribution in [3.05, 3.63) is 11.9 Å². The van der Waals surface area contributed by atoms with E-state index in [1.807, 2.05) is 0 Å². The van der Waals surface area contributed by atoms with Gasteiger partial charge >= 0.3 is 0 Å². The number of rotatable bonds is 2. The lowest BCUT2D eigenvalue weighted by atomic mass is 9.93. The molecule has 5 nitrogen and oxygen atoms in total. The van der Waals surface area contributed by atoms with E-state index in [1.54, 1.807) is 17.9 Å². The molecular weight excluding hydrogens is 168 g/mol. The molecule has 0 radical (unpaired) electrons. The van der Waals surface area contributed by atoms with E-state index < -0.39 is 0 Å². The molecule has 1 aromatic heterocycles. The normalized spacial score (nSPS) is 16.7. The van der Waals surface area contributed by atoms with Crippen LogP contribution in [-0.2, 0) is 0 Å². The summed E-state index contributed by atoms with van der Waals surface area (Å²) in [5.41, 5.74) is 0.398. The molecule has 13 heavy (non-hydrogen) atoms. The average molecular weight is 180 g/mol. The fourth-order valence-electron chi connectivity index (χ4n) is 1.34. The van der Waals surface area contributed by atoms with E-state index in [0.717, 1.165) is 12.8 Å². The predicted octanol–water partition coefficient (Wildman–Crippen LogP) is 0.363. The van der Waals surface area contributed by atoms with E-state index in [2.05, 4.69) is 15.6 Å². The van der Waals surface area contributed by atoms with Gasteiger partial charge in [0.15, 0.2) is 5.69 Å². The van der Waals surface area contributed by atoms with Gasteiger partial charge in [-0.1, -0.05) is 5.21 Å². The van der Waals surface area contributed by atoms with Crippen LogP contribution in [0.25, 0.3) is 0 Å². The minimum Gasteiger partial charge on any atom is -0.354 e. The van der Waals surface area contributed by atoms with E-state index >= 15 is 0 Å². The molecule has 1 aliphatic rings. The zero-order chi connectivity index (χ0) is 9.26. The second-order valence-electron chi connectivity index (χ2n) is 3.25. The van der Waals surface area contributed by atoms with Gasteiger partial charge in [-0.05, 0) is 19.3 Å². The molecule has 1 amide bonds. The summed E-state index contributed by atoms with van der Waals surface area (Å²) in [5, 5.41) is 10.2. The molecule has 0 aromatic carbocycles. The second-order valence-corrected chi connectivity index (χ2v) is 3.25. The molecule has 1 aliphatic carbocycles. The van der Waals surface area contributed by atoms with Gasteiger partial charge in [0, 0.05) is 7.05 Å². The summed E-state index contributed by atoms with van der Waals surface area (Å²) >= 11 is 0. The number of nitrogens with zero attached hydrogens (tertiary/aromatic N) is 3. The van der Waals surface area contributed by atoms with Crippen molar-refractivity contribution in [2.75, 3.05) is 7.05 Å². The van der Waals surface area contributed by atoms with Gasteiger partial charge in [-0.15, -0.1) is 5.10 Å². The van der Waals surface area contributed by atoms with Gasteiger partial charge in [0.05, 0.1) is 12.2 Å². The van der Waals surface area contributed by atoms with Crippen LogP contribution >= 0.6 is 0 Å². The largest absolute Gasteiger partial charge is 0.354 e. The highest BCUT2D eigenvalue weighted by Gasteiger charge is 2.21. The van der Waals surface area contributed by atoms with Crippen LogP contribution in [0, 0.1) is 0 Å².